The van der Waals surface area contributed by atoms with E-state index in [2.05, 4.69) is 27.4 Å². The zero-order valence-corrected chi connectivity index (χ0v) is 11.9. The van der Waals surface area contributed by atoms with Crippen LogP contribution in [0.4, 0.5) is 5.13 Å². The summed E-state index contributed by atoms with van der Waals surface area (Å²) in [6.45, 7) is 4.59. The van der Waals surface area contributed by atoms with Crippen LogP contribution in [0.5, 0.6) is 0 Å². The molecule has 2 N–H and O–H groups in total. The number of pyridine rings is 1. The van der Waals surface area contributed by atoms with Crippen molar-refractivity contribution in [3.05, 3.63) is 24.4 Å². The second-order valence-corrected chi connectivity index (χ2v) is 5.44. The first-order chi connectivity index (χ1) is 9.20. The molecule has 2 aromatic rings. The molecule has 5 nitrogen and oxygen atoms in total. The van der Waals surface area contributed by atoms with Gasteiger partial charge in [-0.25, -0.2) is 0 Å². The van der Waals surface area contributed by atoms with Crippen molar-refractivity contribution in [3.63, 3.8) is 0 Å². The minimum atomic E-state index is -0.368. The van der Waals surface area contributed by atoms with Crippen LogP contribution in [0.15, 0.2) is 24.4 Å². The van der Waals surface area contributed by atoms with E-state index >= 15 is 0 Å². The lowest BCUT2D eigenvalue weighted by Crippen LogP contribution is -2.26. The van der Waals surface area contributed by atoms with E-state index in [0.717, 1.165) is 17.1 Å². The highest BCUT2D eigenvalue weighted by molar-refractivity contribution is 7.18. The molecule has 0 saturated carbocycles. The van der Waals surface area contributed by atoms with Gasteiger partial charge in [0.1, 0.15) is 5.69 Å². The predicted molar refractivity (Wildman–Crippen MR) is 77.1 cm³/mol. The van der Waals surface area contributed by atoms with Crippen molar-refractivity contribution in [3.8, 4) is 10.7 Å². The lowest BCUT2D eigenvalue weighted by Gasteiger charge is -2.16. The maximum absolute atomic E-state index is 9.88. The average molecular weight is 278 g/mol. The molecule has 0 unspecified atom stereocenters. The number of nitrogens with zero attached hydrogens (tertiary/aromatic N) is 3. The molecular formula is C13H18N4OS. The maximum atomic E-state index is 9.88. The maximum Gasteiger partial charge on any atom is 0.206 e. The van der Waals surface area contributed by atoms with E-state index in [0.29, 0.717) is 11.7 Å². The Bertz CT molecular complexity index is 502. The quantitative estimate of drug-likeness (QED) is 0.849. The number of nitrogens with one attached hydrogen (secondary N) is 1. The second kappa shape index (κ2) is 6.58. The third kappa shape index (κ3) is 3.71. The summed E-state index contributed by atoms with van der Waals surface area (Å²) in [6, 6.07) is 5.69. The number of hydrogen-bond donors (Lipinski definition) is 2. The summed E-state index contributed by atoms with van der Waals surface area (Å²) in [5, 5.41) is 22.6. The number of hydrogen-bond acceptors (Lipinski definition) is 6. The molecule has 2 atom stereocenters. The van der Waals surface area contributed by atoms with Crippen molar-refractivity contribution in [1.29, 1.82) is 0 Å². The summed E-state index contributed by atoms with van der Waals surface area (Å²) in [5.41, 5.74) is 0.815. The standard InChI is InChI=1S/C13H18N4OS/c1-3-9(2)11(18)8-15-13-17-16-12(19-13)10-6-4-5-7-14-10/h4-7,9,11,18H,3,8H2,1-2H3,(H,15,17)/t9-,11-/m0/s1. The molecule has 0 aromatic carbocycles. The van der Waals surface area contributed by atoms with Crippen LogP contribution in [-0.4, -0.2) is 32.9 Å². The Morgan fingerprint density at radius 1 is 1.37 bits per heavy atom. The third-order valence-corrected chi connectivity index (χ3v) is 3.98. The highest BCUT2D eigenvalue weighted by Gasteiger charge is 2.13. The Balaban J connectivity index is 1.95. The minimum absolute atomic E-state index is 0.274. The Labute approximate surface area is 116 Å². The van der Waals surface area contributed by atoms with Crippen LogP contribution in [0.25, 0.3) is 10.7 Å². The van der Waals surface area contributed by atoms with Crippen LogP contribution in [0.3, 0.4) is 0 Å². The van der Waals surface area contributed by atoms with Crippen LogP contribution < -0.4 is 5.32 Å². The summed E-state index contributed by atoms with van der Waals surface area (Å²) in [6.07, 6.45) is 2.32. The van der Waals surface area contributed by atoms with Crippen molar-refractivity contribution >= 4 is 16.5 Å². The van der Waals surface area contributed by atoms with E-state index in [-0.39, 0.29) is 12.0 Å². The van der Waals surface area contributed by atoms with E-state index in [9.17, 15) is 5.11 Å². The normalized spacial score (nSPS) is 14.1. The molecule has 102 valence electrons. The largest absolute Gasteiger partial charge is 0.391 e. The lowest BCUT2D eigenvalue weighted by molar-refractivity contribution is 0.126. The smallest absolute Gasteiger partial charge is 0.206 e. The lowest BCUT2D eigenvalue weighted by atomic mass is 10.0. The first-order valence-electron chi connectivity index (χ1n) is 6.37. The molecule has 0 bridgehead atoms. The molecule has 2 aromatic heterocycles. The molecule has 0 amide bonds. The van der Waals surface area contributed by atoms with Crippen LogP contribution in [0.1, 0.15) is 20.3 Å². The third-order valence-electron chi connectivity index (χ3n) is 3.07. The minimum Gasteiger partial charge on any atom is -0.391 e. The van der Waals surface area contributed by atoms with Crippen LogP contribution in [0, 0.1) is 5.92 Å². The molecule has 0 spiro atoms. The number of rotatable bonds is 6. The Hall–Kier alpha value is -1.53. The van der Waals surface area contributed by atoms with Crippen molar-refractivity contribution in [1.82, 2.24) is 15.2 Å². The molecule has 0 aliphatic rings. The molecule has 2 heterocycles. The van der Waals surface area contributed by atoms with Gasteiger partial charge in [0.25, 0.3) is 0 Å². The van der Waals surface area contributed by atoms with Crippen molar-refractivity contribution in [2.24, 2.45) is 5.92 Å². The van der Waals surface area contributed by atoms with Gasteiger partial charge in [0.15, 0.2) is 5.01 Å². The molecule has 0 saturated heterocycles. The summed E-state index contributed by atoms with van der Waals surface area (Å²) in [5.74, 6) is 0.274. The number of aliphatic hydroxyl groups is 1. The summed E-state index contributed by atoms with van der Waals surface area (Å²) in [4.78, 5) is 4.23. The van der Waals surface area contributed by atoms with Crippen molar-refractivity contribution in [2.75, 3.05) is 11.9 Å². The van der Waals surface area contributed by atoms with E-state index in [1.165, 1.54) is 11.3 Å². The fraction of sp³-hybridized carbons (Fsp3) is 0.462. The van der Waals surface area contributed by atoms with E-state index in [1.807, 2.05) is 25.1 Å². The molecule has 0 aliphatic heterocycles. The summed E-state index contributed by atoms with van der Waals surface area (Å²) in [7, 11) is 0. The van der Waals surface area contributed by atoms with Crippen molar-refractivity contribution in [2.45, 2.75) is 26.4 Å². The summed E-state index contributed by atoms with van der Waals surface area (Å²) >= 11 is 1.44. The van der Waals surface area contributed by atoms with Crippen LogP contribution in [0.2, 0.25) is 0 Å². The fourth-order valence-corrected chi connectivity index (χ4v) is 2.28. The molecule has 0 fully saturated rings. The highest BCUT2D eigenvalue weighted by atomic mass is 32.1. The van der Waals surface area contributed by atoms with Crippen LogP contribution >= 0.6 is 11.3 Å². The van der Waals surface area contributed by atoms with Gasteiger partial charge in [-0.3, -0.25) is 4.98 Å². The SMILES string of the molecule is CC[C@H](C)[C@@H](O)CNc1nnc(-c2ccccn2)s1. The van der Waals surface area contributed by atoms with Gasteiger partial charge >= 0.3 is 0 Å². The molecule has 2 rings (SSSR count). The van der Waals surface area contributed by atoms with Crippen LogP contribution in [-0.2, 0) is 0 Å². The predicted octanol–water partition coefficient (Wildman–Crippen LogP) is 2.42. The molecule has 6 heteroatoms. The Kier molecular flexibility index (Phi) is 4.81. The highest BCUT2D eigenvalue weighted by Crippen LogP contribution is 2.24. The number of aromatic nitrogens is 3. The van der Waals surface area contributed by atoms with E-state index in [4.69, 9.17) is 0 Å². The van der Waals surface area contributed by atoms with Gasteiger partial charge in [-0.2, -0.15) is 0 Å². The molecule has 0 aliphatic carbocycles. The fourth-order valence-electron chi connectivity index (χ4n) is 1.55. The van der Waals surface area contributed by atoms with Gasteiger partial charge in [0.05, 0.1) is 6.10 Å². The second-order valence-electron chi connectivity index (χ2n) is 4.46. The van der Waals surface area contributed by atoms with Gasteiger partial charge in [-0.1, -0.05) is 37.7 Å². The Morgan fingerprint density at radius 2 is 2.21 bits per heavy atom. The zero-order chi connectivity index (χ0) is 13.7. The first kappa shape index (κ1) is 13.9. The number of aliphatic hydroxyl groups excluding tert-OH is 1. The van der Waals surface area contributed by atoms with E-state index < -0.39 is 0 Å². The van der Waals surface area contributed by atoms with Gasteiger partial charge in [-0.15, -0.1) is 10.2 Å². The zero-order valence-electron chi connectivity index (χ0n) is 11.1. The van der Waals surface area contributed by atoms with Gasteiger partial charge in [0, 0.05) is 12.7 Å². The topological polar surface area (TPSA) is 70.9 Å². The molecular weight excluding hydrogens is 260 g/mol. The van der Waals surface area contributed by atoms with Gasteiger partial charge in [-0.05, 0) is 18.1 Å². The van der Waals surface area contributed by atoms with Gasteiger partial charge in [0.2, 0.25) is 5.13 Å². The molecule has 19 heavy (non-hydrogen) atoms. The summed E-state index contributed by atoms with van der Waals surface area (Å²) < 4.78 is 0. The molecule has 0 radical (unpaired) electrons. The monoisotopic (exact) mass is 278 g/mol. The van der Waals surface area contributed by atoms with Crippen molar-refractivity contribution < 1.29 is 5.11 Å². The van der Waals surface area contributed by atoms with Gasteiger partial charge < -0.3 is 10.4 Å². The number of anilines is 1. The Morgan fingerprint density at radius 3 is 2.89 bits per heavy atom. The average Bonchev–Trinajstić information content (AvgIpc) is 2.93. The first-order valence-corrected chi connectivity index (χ1v) is 7.19. The van der Waals surface area contributed by atoms with E-state index in [1.54, 1.807) is 6.20 Å².